The Hall–Kier alpha value is -5.00. The van der Waals surface area contributed by atoms with E-state index in [2.05, 4.69) is 15.4 Å². The first-order valence-electron chi connectivity index (χ1n) is 16.9. The van der Waals surface area contributed by atoms with Crippen molar-refractivity contribution in [2.75, 3.05) is 13.2 Å². The third kappa shape index (κ3) is 8.05. The molecule has 52 heavy (non-hydrogen) atoms. The van der Waals surface area contributed by atoms with Crippen LogP contribution in [0.3, 0.4) is 0 Å². The average Bonchev–Trinajstić information content (AvgIpc) is 3.94. The van der Waals surface area contributed by atoms with Crippen molar-refractivity contribution in [1.29, 1.82) is 0 Å². The molecule has 0 spiro atoms. The van der Waals surface area contributed by atoms with Crippen LogP contribution in [0.4, 0.5) is 14.0 Å². The molecule has 5 atom stereocenters. The Morgan fingerprint density at radius 2 is 1.85 bits per heavy atom. The summed E-state index contributed by atoms with van der Waals surface area (Å²) >= 11 is 0. The number of alkyl carbamates (subject to hydrolysis) is 1. The summed E-state index contributed by atoms with van der Waals surface area (Å²) in [6.45, 7) is 3.81. The second-order valence-electron chi connectivity index (χ2n) is 14.5. The van der Waals surface area contributed by atoms with E-state index in [0.29, 0.717) is 24.0 Å². The van der Waals surface area contributed by atoms with E-state index in [1.54, 1.807) is 26.8 Å². The fourth-order valence-corrected chi connectivity index (χ4v) is 7.80. The molecular weight excluding hydrogens is 705 g/mol. The number of nitrogens with one attached hydrogen (secondary N) is 3. The number of rotatable bonds is 5. The molecule has 18 heteroatoms. The van der Waals surface area contributed by atoms with Crippen molar-refractivity contribution in [3.63, 3.8) is 0 Å². The molecular formula is C34H40FN5O11S. The van der Waals surface area contributed by atoms with E-state index >= 15 is 0 Å². The van der Waals surface area contributed by atoms with Crippen LogP contribution in [-0.2, 0) is 56.5 Å². The van der Waals surface area contributed by atoms with Crippen molar-refractivity contribution < 1.29 is 55.8 Å². The number of fused-ring (bicyclic) bond motifs is 3. The minimum absolute atomic E-state index is 0.00747. The number of benzene rings is 1. The van der Waals surface area contributed by atoms with Gasteiger partial charge in [0, 0.05) is 30.5 Å². The van der Waals surface area contributed by atoms with E-state index in [1.165, 1.54) is 35.3 Å². The number of amides is 5. The smallest absolute Gasteiger partial charge is 0.410 e. The summed E-state index contributed by atoms with van der Waals surface area (Å²) in [6, 6.07) is 1.53. The zero-order valence-electron chi connectivity index (χ0n) is 28.8. The zero-order valence-corrected chi connectivity index (χ0v) is 29.6. The lowest BCUT2D eigenvalue weighted by Crippen LogP contribution is -2.59. The molecule has 2 aliphatic carbocycles. The lowest BCUT2D eigenvalue weighted by atomic mass is 10.1. The van der Waals surface area contributed by atoms with Gasteiger partial charge in [0.1, 0.15) is 41.8 Å². The highest BCUT2D eigenvalue weighted by molar-refractivity contribution is 7.91. The van der Waals surface area contributed by atoms with Gasteiger partial charge in [-0.05, 0) is 51.7 Å². The highest BCUT2D eigenvalue weighted by Gasteiger charge is 2.62. The van der Waals surface area contributed by atoms with Crippen molar-refractivity contribution in [3.05, 3.63) is 59.4 Å². The summed E-state index contributed by atoms with van der Waals surface area (Å²) in [5.41, 5.74) is -1.73. The minimum Gasteiger partial charge on any atom is -0.460 e. The lowest BCUT2D eigenvalue weighted by Gasteiger charge is -2.30. The molecule has 0 unspecified atom stereocenters. The molecule has 3 fully saturated rings. The predicted octanol–water partition coefficient (Wildman–Crippen LogP) is 1.29. The van der Waals surface area contributed by atoms with Crippen molar-refractivity contribution >= 4 is 45.9 Å². The third-order valence-corrected chi connectivity index (χ3v) is 11.2. The number of sulfonamides is 1. The molecule has 6 rings (SSSR count). The molecule has 1 aromatic carbocycles. The molecule has 1 aromatic rings. The number of carbonyl (C=O) groups is 6. The Bertz CT molecular complexity index is 1860. The number of ether oxygens (including phenoxy) is 3. The maximum atomic E-state index is 14.4. The van der Waals surface area contributed by atoms with Crippen LogP contribution in [0.2, 0.25) is 0 Å². The van der Waals surface area contributed by atoms with Gasteiger partial charge in [-0.2, -0.15) is 0 Å². The summed E-state index contributed by atoms with van der Waals surface area (Å²) < 4.78 is 58.2. The molecule has 280 valence electrons. The second-order valence-corrected chi connectivity index (χ2v) is 16.5. The van der Waals surface area contributed by atoms with Crippen LogP contribution < -0.4 is 15.4 Å². The standard InChI is InChI=1S/C34H40FN5O11S/c1-33(2,3)51-31(45)36-25-18-49-27(41)10-5-4-8-20-14-34(20,30(44)38-52(47,48)22-11-12-22)37-28(42)26-13-21(16-40(26)29(25)43)50-32(46)39-15-19-7-6-9-24(35)23(19)17-39/h4-10,20-22,25-26H,11-18H2,1-3H3,(H,36,45)(H,37,42)(H,38,44)/b8-4-,10-5+/t20-,21+,25-,26-,34+/m0/s1. The monoisotopic (exact) mass is 745 g/mol. The maximum absolute atomic E-state index is 14.4. The Balaban J connectivity index is 1.27. The van der Waals surface area contributed by atoms with E-state index in [9.17, 15) is 41.6 Å². The number of halogens is 1. The molecule has 1 saturated heterocycles. The van der Waals surface area contributed by atoms with Crippen LogP contribution in [0.1, 0.15) is 57.6 Å². The van der Waals surface area contributed by atoms with Gasteiger partial charge in [0.25, 0.3) is 5.91 Å². The SMILES string of the molecule is CC(C)(C)OC(=O)N[C@H]1COC(=O)/C=C/C=C\[C@H]2C[C@@]2(C(=O)NS(=O)(=O)C2CC2)NC(=O)[C@@H]2C[C@@H](OC(=O)N3Cc4cccc(F)c4C3)CN2C1=O. The Kier molecular flexibility index (Phi) is 9.80. The van der Waals surface area contributed by atoms with Gasteiger partial charge in [-0.15, -0.1) is 0 Å². The number of carbonyl (C=O) groups excluding carboxylic acids is 6. The maximum Gasteiger partial charge on any atom is 0.410 e. The van der Waals surface area contributed by atoms with Gasteiger partial charge in [0.2, 0.25) is 21.8 Å². The third-order valence-electron chi connectivity index (χ3n) is 9.33. The number of hydrogen-bond acceptors (Lipinski definition) is 11. The molecule has 2 saturated carbocycles. The van der Waals surface area contributed by atoms with Gasteiger partial charge < -0.3 is 29.7 Å². The molecule has 0 radical (unpaired) electrons. The normalized spacial score (nSPS) is 28.8. The quantitative estimate of drug-likeness (QED) is 0.289. The topological polar surface area (TPSA) is 207 Å². The van der Waals surface area contributed by atoms with Gasteiger partial charge in [0.15, 0.2) is 0 Å². The van der Waals surface area contributed by atoms with Crippen molar-refractivity contribution in [1.82, 2.24) is 25.2 Å². The first-order valence-corrected chi connectivity index (χ1v) is 18.4. The van der Waals surface area contributed by atoms with Crippen LogP contribution in [-0.4, -0.2) is 102 Å². The molecule has 16 nitrogen and oxygen atoms in total. The van der Waals surface area contributed by atoms with E-state index < -0.39 is 98.8 Å². The van der Waals surface area contributed by atoms with Crippen LogP contribution >= 0.6 is 0 Å². The summed E-state index contributed by atoms with van der Waals surface area (Å²) in [4.78, 5) is 82.8. The molecule has 5 amide bonds. The van der Waals surface area contributed by atoms with Gasteiger partial charge in [-0.1, -0.05) is 30.4 Å². The van der Waals surface area contributed by atoms with Gasteiger partial charge >= 0.3 is 18.2 Å². The Morgan fingerprint density at radius 1 is 1.10 bits per heavy atom. The number of hydrogen-bond donors (Lipinski definition) is 3. The van der Waals surface area contributed by atoms with Crippen molar-refractivity contribution in [2.24, 2.45) is 5.92 Å². The fraction of sp³-hybridized carbons (Fsp3) is 0.529. The zero-order chi connectivity index (χ0) is 37.6. The average molecular weight is 746 g/mol. The first kappa shape index (κ1) is 36.8. The van der Waals surface area contributed by atoms with Crippen LogP contribution in [0.5, 0.6) is 0 Å². The lowest BCUT2D eigenvalue weighted by molar-refractivity contribution is -0.145. The predicted molar refractivity (Wildman–Crippen MR) is 177 cm³/mol. The molecule has 3 heterocycles. The number of nitrogens with zero attached hydrogens (tertiary/aromatic N) is 2. The largest absolute Gasteiger partial charge is 0.460 e. The Morgan fingerprint density at radius 3 is 2.54 bits per heavy atom. The summed E-state index contributed by atoms with van der Waals surface area (Å²) in [6.07, 6.45) is 2.93. The van der Waals surface area contributed by atoms with E-state index in [4.69, 9.17) is 14.2 Å². The van der Waals surface area contributed by atoms with Gasteiger partial charge in [0.05, 0.1) is 18.3 Å². The van der Waals surface area contributed by atoms with Crippen LogP contribution in [0, 0.1) is 11.7 Å². The van der Waals surface area contributed by atoms with Gasteiger partial charge in [-0.25, -0.2) is 27.2 Å². The van der Waals surface area contributed by atoms with Crippen molar-refractivity contribution in [2.45, 2.75) is 94.1 Å². The fourth-order valence-electron chi connectivity index (χ4n) is 6.44. The molecule has 3 aliphatic heterocycles. The van der Waals surface area contributed by atoms with E-state index in [-0.39, 0.29) is 32.5 Å². The van der Waals surface area contributed by atoms with Crippen molar-refractivity contribution in [3.8, 4) is 0 Å². The summed E-state index contributed by atoms with van der Waals surface area (Å²) in [5.74, 6) is -4.74. The molecule has 0 aromatic heterocycles. The van der Waals surface area contributed by atoms with E-state index in [1.807, 2.05) is 0 Å². The molecule has 0 bridgehead atoms. The number of allylic oxidation sites excluding steroid dienone is 2. The summed E-state index contributed by atoms with van der Waals surface area (Å²) in [7, 11) is -4.00. The number of esters is 1. The number of cyclic esters (lactones) is 1. The molecule has 3 N–H and O–H groups in total. The Labute approximate surface area is 299 Å². The van der Waals surface area contributed by atoms with Gasteiger partial charge in [-0.3, -0.25) is 24.0 Å². The van der Waals surface area contributed by atoms with E-state index in [0.717, 1.165) is 11.0 Å². The highest BCUT2D eigenvalue weighted by atomic mass is 32.2. The molecule has 5 aliphatic rings. The van der Waals surface area contributed by atoms with Crippen LogP contribution in [0.25, 0.3) is 0 Å². The van der Waals surface area contributed by atoms with Crippen LogP contribution in [0.15, 0.2) is 42.5 Å². The summed E-state index contributed by atoms with van der Waals surface area (Å²) in [5, 5.41) is 4.33. The second kappa shape index (κ2) is 13.9. The highest BCUT2D eigenvalue weighted by Crippen LogP contribution is 2.46. The minimum atomic E-state index is -4.00. The first-order chi connectivity index (χ1) is 24.5.